The lowest BCUT2D eigenvalue weighted by Crippen LogP contribution is -2.34. The molecule has 1 heterocycles. The normalized spacial score (nSPS) is 21.0. The molecule has 1 unspecified atom stereocenters. The van der Waals surface area contributed by atoms with E-state index >= 15 is 0 Å². The van der Waals surface area contributed by atoms with Crippen LogP contribution in [0.2, 0.25) is 5.02 Å². The van der Waals surface area contributed by atoms with Crippen molar-refractivity contribution in [2.24, 2.45) is 0 Å². The van der Waals surface area contributed by atoms with Gasteiger partial charge in [0.25, 0.3) is 0 Å². The van der Waals surface area contributed by atoms with Gasteiger partial charge in [0.2, 0.25) is 0 Å². The fourth-order valence-electron chi connectivity index (χ4n) is 2.22. The highest BCUT2D eigenvalue weighted by Crippen LogP contribution is 2.23. The molecule has 3 heteroatoms. The molecule has 0 aromatic heterocycles. The first-order valence-corrected chi connectivity index (χ1v) is 7.10. The molecule has 1 aromatic rings. The summed E-state index contributed by atoms with van der Waals surface area (Å²) in [5.41, 5.74) is 1.26. The molecule has 0 spiro atoms. The van der Waals surface area contributed by atoms with E-state index in [1.54, 1.807) is 0 Å². The Morgan fingerprint density at radius 1 is 1.38 bits per heavy atom. The molecule has 1 aliphatic heterocycles. The van der Waals surface area contributed by atoms with Gasteiger partial charge in [-0.05, 0) is 49.9 Å². The first kappa shape index (κ1) is 12.4. The van der Waals surface area contributed by atoms with Gasteiger partial charge in [-0.2, -0.15) is 0 Å². The number of halogens is 2. The molecule has 0 bridgehead atoms. The zero-order chi connectivity index (χ0) is 11.4. The second-order valence-electron chi connectivity index (χ2n) is 4.42. The van der Waals surface area contributed by atoms with Gasteiger partial charge in [0.05, 0.1) is 0 Å². The maximum absolute atomic E-state index is 6.20. The van der Waals surface area contributed by atoms with Crippen molar-refractivity contribution in [1.29, 1.82) is 0 Å². The number of rotatable bonds is 3. The van der Waals surface area contributed by atoms with Gasteiger partial charge in [0.15, 0.2) is 0 Å². The lowest BCUT2D eigenvalue weighted by Gasteiger charge is -2.23. The summed E-state index contributed by atoms with van der Waals surface area (Å²) in [6.07, 6.45) is 6.28. The molecule has 1 N–H and O–H groups in total. The summed E-state index contributed by atoms with van der Waals surface area (Å²) in [5.74, 6) is 0. The first-order chi connectivity index (χ1) is 7.75. The van der Waals surface area contributed by atoms with Crippen molar-refractivity contribution in [3.05, 3.63) is 33.3 Å². The van der Waals surface area contributed by atoms with E-state index in [1.165, 1.54) is 37.8 Å². The van der Waals surface area contributed by atoms with Crippen molar-refractivity contribution in [2.45, 2.75) is 38.1 Å². The number of nitrogens with one attached hydrogen (secondary N) is 1. The van der Waals surface area contributed by atoms with E-state index in [9.17, 15) is 0 Å². The Hall–Kier alpha value is -0.0500. The molecule has 1 aromatic carbocycles. The number of hydrogen-bond acceptors (Lipinski definition) is 1. The highest BCUT2D eigenvalue weighted by atomic mass is 79.9. The zero-order valence-corrected chi connectivity index (χ0v) is 11.6. The van der Waals surface area contributed by atoms with Crippen LogP contribution in [0, 0.1) is 0 Å². The number of hydrogen-bond donors (Lipinski definition) is 1. The molecule has 0 saturated carbocycles. The molecule has 0 radical (unpaired) electrons. The van der Waals surface area contributed by atoms with Crippen LogP contribution in [0.3, 0.4) is 0 Å². The van der Waals surface area contributed by atoms with Gasteiger partial charge in [-0.1, -0.05) is 40.0 Å². The SMILES string of the molecule is Clc1cc(Br)ccc1CCC1CCCCN1. The minimum atomic E-state index is 0.688. The van der Waals surface area contributed by atoms with Crippen LogP contribution in [0.15, 0.2) is 22.7 Å². The van der Waals surface area contributed by atoms with Crippen LogP contribution in [0.1, 0.15) is 31.2 Å². The molecule has 16 heavy (non-hydrogen) atoms. The van der Waals surface area contributed by atoms with Gasteiger partial charge in [0, 0.05) is 15.5 Å². The summed E-state index contributed by atoms with van der Waals surface area (Å²) in [6, 6.07) is 6.85. The predicted octanol–water partition coefficient (Wildman–Crippen LogP) is 4.18. The van der Waals surface area contributed by atoms with E-state index in [1.807, 2.05) is 6.07 Å². The smallest absolute Gasteiger partial charge is 0.0449 e. The van der Waals surface area contributed by atoms with E-state index in [0.717, 1.165) is 15.9 Å². The van der Waals surface area contributed by atoms with Crippen molar-refractivity contribution in [3.8, 4) is 0 Å². The fourth-order valence-corrected chi connectivity index (χ4v) is 2.99. The third-order valence-electron chi connectivity index (χ3n) is 3.19. The van der Waals surface area contributed by atoms with Gasteiger partial charge in [0.1, 0.15) is 0 Å². The molecule has 1 fully saturated rings. The van der Waals surface area contributed by atoms with Crippen LogP contribution in [0.4, 0.5) is 0 Å². The Morgan fingerprint density at radius 2 is 2.25 bits per heavy atom. The summed E-state index contributed by atoms with van der Waals surface area (Å²) in [5, 5.41) is 4.45. The van der Waals surface area contributed by atoms with Crippen LogP contribution in [-0.2, 0) is 6.42 Å². The van der Waals surface area contributed by atoms with Crippen LogP contribution in [0.25, 0.3) is 0 Å². The standard InChI is InChI=1S/C13H17BrClN/c14-11-6-4-10(13(15)9-11)5-7-12-3-1-2-8-16-12/h4,6,9,12,16H,1-3,5,7-8H2. The van der Waals surface area contributed by atoms with E-state index in [4.69, 9.17) is 11.6 Å². The molecule has 2 rings (SSSR count). The van der Waals surface area contributed by atoms with E-state index in [2.05, 4.69) is 33.4 Å². The summed E-state index contributed by atoms with van der Waals surface area (Å²) < 4.78 is 1.05. The monoisotopic (exact) mass is 301 g/mol. The average Bonchev–Trinajstić information content (AvgIpc) is 2.29. The molecule has 1 saturated heterocycles. The summed E-state index contributed by atoms with van der Waals surface area (Å²) in [4.78, 5) is 0. The highest BCUT2D eigenvalue weighted by molar-refractivity contribution is 9.10. The van der Waals surface area contributed by atoms with E-state index < -0.39 is 0 Å². The molecule has 1 atom stereocenters. The van der Waals surface area contributed by atoms with E-state index in [-0.39, 0.29) is 0 Å². The van der Waals surface area contributed by atoms with Crippen LogP contribution >= 0.6 is 27.5 Å². The number of piperidine rings is 1. The third kappa shape index (κ3) is 3.47. The van der Waals surface area contributed by atoms with Crippen LogP contribution in [-0.4, -0.2) is 12.6 Å². The Morgan fingerprint density at radius 3 is 2.94 bits per heavy atom. The van der Waals surface area contributed by atoms with Gasteiger partial charge in [-0.25, -0.2) is 0 Å². The molecular formula is C13H17BrClN. The van der Waals surface area contributed by atoms with Gasteiger partial charge in [-0.15, -0.1) is 0 Å². The summed E-state index contributed by atoms with van der Waals surface area (Å²) >= 11 is 9.62. The Bertz CT molecular complexity index is 348. The maximum Gasteiger partial charge on any atom is 0.0449 e. The lowest BCUT2D eigenvalue weighted by molar-refractivity contribution is 0.383. The summed E-state index contributed by atoms with van der Waals surface area (Å²) in [6.45, 7) is 1.18. The molecule has 88 valence electrons. The quantitative estimate of drug-likeness (QED) is 0.883. The van der Waals surface area contributed by atoms with Crippen molar-refractivity contribution in [1.82, 2.24) is 5.32 Å². The first-order valence-electron chi connectivity index (χ1n) is 5.93. The van der Waals surface area contributed by atoms with Gasteiger partial charge in [-0.3, -0.25) is 0 Å². The zero-order valence-electron chi connectivity index (χ0n) is 9.31. The average molecular weight is 303 g/mol. The van der Waals surface area contributed by atoms with E-state index in [0.29, 0.717) is 6.04 Å². The molecule has 1 aliphatic rings. The number of aryl methyl sites for hydroxylation is 1. The van der Waals surface area contributed by atoms with Crippen LogP contribution < -0.4 is 5.32 Å². The minimum Gasteiger partial charge on any atom is -0.314 e. The maximum atomic E-state index is 6.20. The highest BCUT2D eigenvalue weighted by Gasteiger charge is 2.12. The van der Waals surface area contributed by atoms with Crippen molar-refractivity contribution >= 4 is 27.5 Å². The second-order valence-corrected chi connectivity index (χ2v) is 5.74. The van der Waals surface area contributed by atoms with Crippen molar-refractivity contribution < 1.29 is 0 Å². The topological polar surface area (TPSA) is 12.0 Å². The largest absolute Gasteiger partial charge is 0.314 e. The van der Waals surface area contributed by atoms with Crippen LogP contribution in [0.5, 0.6) is 0 Å². The Kier molecular flexibility index (Phi) is 4.68. The molecule has 1 nitrogen and oxygen atoms in total. The molecule has 0 aliphatic carbocycles. The third-order valence-corrected chi connectivity index (χ3v) is 4.03. The minimum absolute atomic E-state index is 0.688. The lowest BCUT2D eigenvalue weighted by atomic mass is 9.98. The van der Waals surface area contributed by atoms with Gasteiger partial charge >= 0.3 is 0 Å². The Labute approximate surface area is 111 Å². The second kappa shape index (κ2) is 6.04. The fraction of sp³-hybridized carbons (Fsp3) is 0.538. The summed E-state index contributed by atoms with van der Waals surface area (Å²) in [7, 11) is 0. The Balaban J connectivity index is 1.88. The number of benzene rings is 1. The van der Waals surface area contributed by atoms with Crippen molar-refractivity contribution in [2.75, 3.05) is 6.54 Å². The van der Waals surface area contributed by atoms with Gasteiger partial charge < -0.3 is 5.32 Å². The predicted molar refractivity (Wildman–Crippen MR) is 73.1 cm³/mol. The molecular weight excluding hydrogens is 286 g/mol. The van der Waals surface area contributed by atoms with Crippen molar-refractivity contribution in [3.63, 3.8) is 0 Å². The molecule has 0 amide bonds.